The number of aliphatic hydroxyl groups excluding tert-OH is 2. The van der Waals surface area contributed by atoms with Crippen molar-refractivity contribution in [3.63, 3.8) is 0 Å². The highest BCUT2D eigenvalue weighted by atomic mass is 16.9. The van der Waals surface area contributed by atoms with Crippen LogP contribution in [0, 0.1) is 17.8 Å². The Kier molecular flexibility index (Phi) is 4.87. The van der Waals surface area contributed by atoms with E-state index < -0.39 is 88.9 Å². The summed E-state index contributed by atoms with van der Waals surface area (Å²) in [5.74, 6) is -5.64. The minimum Gasteiger partial charge on any atom is -0.459 e. The van der Waals surface area contributed by atoms with Gasteiger partial charge in [-0.1, -0.05) is 49.9 Å². The number of epoxide rings is 1. The number of aliphatic hydroxyl groups is 3. The van der Waals surface area contributed by atoms with E-state index in [-0.39, 0.29) is 5.57 Å². The van der Waals surface area contributed by atoms with Crippen molar-refractivity contribution in [1.82, 2.24) is 0 Å². The summed E-state index contributed by atoms with van der Waals surface area (Å²) < 4.78 is 32.6. The number of hydrogen-bond acceptors (Lipinski definition) is 10. The molecule has 3 aliphatic carbocycles. The molecular formula is C29H32O10. The van der Waals surface area contributed by atoms with Crippen LogP contribution in [0.1, 0.15) is 33.3 Å². The average Bonchev–Trinajstić information content (AvgIpc) is 3.53. The molecule has 10 heteroatoms. The standard InChI is InChI=1S/C29H32O10/c1-13(2)27-21(35-16(5)31)15(4)28-18-11-14(3)20(32)26(18,34)24(33)25(12-30)22(36-25)19(28)23(27)37-29(38-27,39-28)17-9-7-6-8-10-17/h6-11,15,18-19,21-24,30,33-34H,1,12H2,2-5H3/t15-,18-,19-,21-,22+,23-,24-,25+,26-,27+,28+,29-/m1/s1. The minimum atomic E-state index is -2.39. The van der Waals surface area contributed by atoms with E-state index in [9.17, 15) is 24.9 Å². The molecule has 3 aliphatic heterocycles. The maximum absolute atomic E-state index is 13.6. The van der Waals surface area contributed by atoms with Crippen molar-refractivity contribution in [3.8, 4) is 0 Å². The van der Waals surface area contributed by atoms with Crippen molar-refractivity contribution in [2.75, 3.05) is 6.61 Å². The van der Waals surface area contributed by atoms with E-state index in [0.29, 0.717) is 11.1 Å². The predicted molar refractivity (Wildman–Crippen MR) is 132 cm³/mol. The lowest BCUT2D eigenvalue weighted by molar-refractivity contribution is -0.440. The van der Waals surface area contributed by atoms with Crippen molar-refractivity contribution in [3.05, 3.63) is 59.7 Å². The fourth-order valence-corrected chi connectivity index (χ4v) is 8.49. The van der Waals surface area contributed by atoms with E-state index in [1.54, 1.807) is 44.2 Å². The molecule has 0 spiro atoms. The number of hydrogen-bond donors (Lipinski definition) is 3. The molecule has 3 bridgehead atoms. The van der Waals surface area contributed by atoms with Crippen LogP contribution in [0.4, 0.5) is 0 Å². The third kappa shape index (κ3) is 2.58. The molecule has 1 aromatic rings. The molecule has 2 saturated carbocycles. The molecule has 0 unspecified atom stereocenters. The zero-order valence-electron chi connectivity index (χ0n) is 22.1. The van der Waals surface area contributed by atoms with Gasteiger partial charge in [-0.25, -0.2) is 0 Å². The summed E-state index contributed by atoms with van der Waals surface area (Å²) in [7, 11) is 0. The number of fused-ring (bicyclic) bond motifs is 3. The number of ketones is 1. The number of rotatable bonds is 4. The Morgan fingerprint density at radius 2 is 1.82 bits per heavy atom. The molecule has 0 radical (unpaired) electrons. The summed E-state index contributed by atoms with van der Waals surface area (Å²) in [5, 5.41) is 34.4. The largest absolute Gasteiger partial charge is 0.459 e. The molecule has 208 valence electrons. The molecule has 10 nitrogen and oxygen atoms in total. The molecule has 39 heavy (non-hydrogen) atoms. The lowest BCUT2D eigenvalue weighted by Crippen LogP contribution is -2.76. The second-order valence-corrected chi connectivity index (χ2v) is 12.0. The van der Waals surface area contributed by atoms with E-state index in [4.69, 9.17) is 23.7 Å². The van der Waals surface area contributed by atoms with Gasteiger partial charge in [-0.15, -0.1) is 0 Å². The van der Waals surface area contributed by atoms with Crippen LogP contribution in [0.2, 0.25) is 0 Å². The first-order valence-electron chi connectivity index (χ1n) is 13.3. The van der Waals surface area contributed by atoms with E-state index in [1.165, 1.54) is 6.92 Å². The van der Waals surface area contributed by atoms with Gasteiger partial charge in [0.1, 0.15) is 30.0 Å². The van der Waals surface area contributed by atoms with Crippen LogP contribution in [0.3, 0.4) is 0 Å². The minimum absolute atomic E-state index is 0.243. The fourth-order valence-electron chi connectivity index (χ4n) is 8.49. The highest BCUT2D eigenvalue weighted by molar-refractivity contribution is 6.05. The van der Waals surface area contributed by atoms with Crippen molar-refractivity contribution < 1.29 is 48.6 Å². The van der Waals surface area contributed by atoms with Crippen LogP contribution in [0.25, 0.3) is 0 Å². The Balaban J connectivity index is 1.57. The maximum Gasteiger partial charge on any atom is 0.314 e. The van der Waals surface area contributed by atoms with Crippen molar-refractivity contribution in [1.29, 1.82) is 0 Å². The van der Waals surface area contributed by atoms with Gasteiger partial charge in [0.15, 0.2) is 17.0 Å². The quantitative estimate of drug-likeness (QED) is 0.286. The van der Waals surface area contributed by atoms with Gasteiger partial charge in [0.25, 0.3) is 0 Å². The van der Waals surface area contributed by atoms with Crippen LogP contribution in [0.15, 0.2) is 54.1 Å². The Labute approximate surface area is 225 Å². The normalized spacial score (nSPS) is 52.3. The van der Waals surface area contributed by atoms with Crippen molar-refractivity contribution in [2.24, 2.45) is 17.8 Å². The van der Waals surface area contributed by atoms with E-state index in [0.717, 1.165) is 0 Å². The molecule has 12 atom stereocenters. The molecule has 3 heterocycles. The van der Waals surface area contributed by atoms with E-state index in [2.05, 4.69) is 6.58 Å². The van der Waals surface area contributed by atoms with Gasteiger partial charge >= 0.3 is 11.9 Å². The zero-order chi connectivity index (χ0) is 27.9. The summed E-state index contributed by atoms with van der Waals surface area (Å²) in [4.78, 5) is 26.1. The van der Waals surface area contributed by atoms with E-state index in [1.807, 2.05) is 13.0 Å². The summed E-state index contributed by atoms with van der Waals surface area (Å²) in [6, 6.07) is 8.99. The first-order chi connectivity index (χ1) is 18.4. The summed E-state index contributed by atoms with van der Waals surface area (Å²) >= 11 is 0. The molecule has 5 fully saturated rings. The average molecular weight is 541 g/mol. The van der Waals surface area contributed by atoms with Gasteiger partial charge in [-0.2, -0.15) is 0 Å². The predicted octanol–water partition coefficient (Wildman–Crippen LogP) is 0.874. The van der Waals surface area contributed by atoms with Crippen LogP contribution in [-0.2, 0) is 39.2 Å². The Morgan fingerprint density at radius 1 is 1.13 bits per heavy atom. The molecule has 6 aliphatic rings. The number of carbonyl (C=O) groups excluding carboxylic acids is 2. The second kappa shape index (κ2) is 7.44. The second-order valence-electron chi connectivity index (χ2n) is 12.0. The van der Waals surface area contributed by atoms with Gasteiger partial charge in [-0.05, 0) is 25.0 Å². The number of benzene rings is 1. The summed E-state index contributed by atoms with van der Waals surface area (Å²) in [5.41, 5.74) is -5.65. The first kappa shape index (κ1) is 25.5. The SMILES string of the molecule is C=C(C)[C@@]12O[C@@]3(c4ccccc4)O[C@@H]1[C@H]1[C@@H]4O[C@]4(CO)[C@@H](O)[C@]4(O)C(=O)C(C)=C[C@H]4[C@@]1(O3)[C@H](C)[C@H]2OC(C)=O. The topological polar surface area (TPSA) is 144 Å². The van der Waals surface area contributed by atoms with Crippen LogP contribution in [0.5, 0.6) is 0 Å². The number of Topliss-reactive ketones (excluding diaryl/α,β-unsaturated/α-hetero) is 1. The fraction of sp³-hybridized carbons (Fsp3) is 0.586. The summed E-state index contributed by atoms with van der Waals surface area (Å²) in [6.07, 6.45) is -2.91. The number of esters is 1. The highest BCUT2D eigenvalue weighted by Crippen LogP contribution is 2.74. The third-order valence-electron chi connectivity index (χ3n) is 10.2. The number of carbonyl (C=O) groups is 2. The van der Waals surface area contributed by atoms with E-state index >= 15 is 0 Å². The molecule has 0 amide bonds. The third-order valence-corrected chi connectivity index (χ3v) is 10.2. The molecule has 3 N–H and O–H groups in total. The van der Waals surface area contributed by atoms with Crippen molar-refractivity contribution >= 4 is 11.8 Å². The summed E-state index contributed by atoms with van der Waals surface area (Å²) in [6.45, 7) is 10.0. The maximum atomic E-state index is 13.6. The lowest BCUT2D eigenvalue weighted by atomic mass is 9.53. The van der Waals surface area contributed by atoms with Gasteiger partial charge in [0, 0.05) is 30.2 Å². The molecule has 3 saturated heterocycles. The Hall–Kier alpha value is -2.44. The van der Waals surface area contributed by atoms with Gasteiger partial charge in [0.05, 0.1) is 12.2 Å². The van der Waals surface area contributed by atoms with Gasteiger partial charge in [-0.3, -0.25) is 9.59 Å². The van der Waals surface area contributed by atoms with Crippen LogP contribution < -0.4 is 0 Å². The highest BCUT2D eigenvalue weighted by Gasteiger charge is 2.90. The number of ether oxygens (including phenoxy) is 5. The zero-order valence-corrected chi connectivity index (χ0v) is 22.1. The lowest BCUT2D eigenvalue weighted by Gasteiger charge is -2.61. The smallest absolute Gasteiger partial charge is 0.314 e. The van der Waals surface area contributed by atoms with Crippen LogP contribution >= 0.6 is 0 Å². The van der Waals surface area contributed by atoms with Crippen LogP contribution in [-0.4, -0.2) is 80.5 Å². The molecular weight excluding hydrogens is 508 g/mol. The molecule has 1 aromatic carbocycles. The van der Waals surface area contributed by atoms with Gasteiger partial charge in [0.2, 0.25) is 0 Å². The monoisotopic (exact) mass is 540 g/mol. The Bertz CT molecular complexity index is 1340. The first-order valence-corrected chi connectivity index (χ1v) is 13.3. The Morgan fingerprint density at radius 3 is 2.44 bits per heavy atom. The van der Waals surface area contributed by atoms with Crippen molar-refractivity contribution in [2.45, 2.75) is 80.5 Å². The van der Waals surface area contributed by atoms with Gasteiger partial charge < -0.3 is 39.0 Å². The molecule has 7 rings (SSSR count). The molecule has 0 aromatic heterocycles.